The van der Waals surface area contributed by atoms with Gasteiger partial charge in [0.15, 0.2) is 0 Å². The highest BCUT2D eigenvalue weighted by Crippen LogP contribution is 2.40. The number of amides is 1. The maximum absolute atomic E-state index is 12.7. The van der Waals surface area contributed by atoms with Gasteiger partial charge in [-0.25, -0.2) is 4.98 Å². The van der Waals surface area contributed by atoms with E-state index in [9.17, 15) is 4.79 Å². The molecule has 1 saturated heterocycles. The molecule has 6 nitrogen and oxygen atoms in total. The molecule has 0 saturated carbocycles. The van der Waals surface area contributed by atoms with Crippen molar-refractivity contribution in [1.29, 1.82) is 0 Å². The predicted octanol–water partition coefficient (Wildman–Crippen LogP) is 4.36. The smallest absolute Gasteiger partial charge is 0.220 e. The standard InChI is InChI=1S/C21H29N3O3S2/c1-24-10-9-22-21(24)20(15-12-16(26-2)14-17(13-15)27-3)23-19(25)7-5-4-6-18-8-11-28-29-18/h9-10,12-14,18,20H,4-8,11H2,1-3H3,(H,23,25). The number of nitrogens with zero attached hydrogens (tertiary/aromatic N) is 2. The summed E-state index contributed by atoms with van der Waals surface area (Å²) in [6.45, 7) is 0. The van der Waals surface area contributed by atoms with Gasteiger partial charge in [-0.2, -0.15) is 0 Å². The van der Waals surface area contributed by atoms with Crippen molar-refractivity contribution >= 4 is 27.5 Å². The quantitative estimate of drug-likeness (QED) is 0.442. The topological polar surface area (TPSA) is 65.4 Å². The van der Waals surface area contributed by atoms with Gasteiger partial charge in [-0.1, -0.05) is 28.0 Å². The zero-order chi connectivity index (χ0) is 20.6. The third kappa shape index (κ3) is 6.09. The summed E-state index contributed by atoms with van der Waals surface area (Å²) in [6.07, 6.45) is 8.62. The Morgan fingerprint density at radius 2 is 2.03 bits per heavy atom. The lowest BCUT2D eigenvalue weighted by Crippen LogP contribution is -2.31. The molecule has 0 aliphatic carbocycles. The normalized spacial score (nSPS) is 17.1. The molecular weight excluding hydrogens is 406 g/mol. The summed E-state index contributed by atoms with van der Waals surface area (Å²) in [5, 5.41) is 3.92. The van der Waals surface area contributed by atoms with E-state index in [0.717, 1.165) is 29.5 Å². The van der Waals surface area contributed by atoms with Crippen molar-refractivity contribution in [3.05, 3.63) is 42.0 Å². The summed E-state index contributed by atoms with van der Waals surface area (Å²) in [4.78, 5) is 17.2. The van der Waals surface area contributed by atoms with E-state index in [1.807, 2.05) is 57.6 Å². The molecule has 2 unspecified atom stereocenters. The molecule has 2 aromatic rings. The summed E-state index contributed by atoms with van der Waals surface area (Å²) >= 11 is 0. The van der Waals surface area contributed by atoms with Gasteiger partial charge in [0.05, 0.1) is 14.2 Å². The monoisotopic (exact) mass is 435 g/mol. The van der Waals surface area contributed by atoms with Gasteiger partial charge in [0, 0.05) is 42.9 Å². The van der Waals surface area contributed by atoms with Crippen LogP contribution >= 0.6 is 21.6 Å². The van der Waals surface area contributed by atoms with Crippen LogP contribution in [0.1, 0.15) is 49.5 Å². The first-order valence-electron chi connectivity index (χ1n) is 9.88. The number of methoxy groups -OCH3 is 2. The van der Waals surface area contributed by atoms with E-state index >= 15 is 0 Å². The van der Waals surface area contributed by atoms with Gasteiger partial charge in [0.2, 0.25) is 5.91 Å². The molecule has 0 spiro atoms. The maximum Gasteiger partial charge on any atom is 0.220 e. The molecule has 1 amide bonds. The Bertz CT molecular complexity index is 784. The number of rotatable bonds is 10. The average Bonchev–Trinajstić information content (AvgIpc) is 3.40. The van der Waals surface area contributed by atoms with Crippen LogP contribution in [-0.4, -0.2) is 40.7 Å². The molecule has 3 rings (SSSR count). The number of carbonyl (C=O) groups is 1. The molecular formula is C21H29N3O3S2. The summed E-state index contributed by atoms with van der Waals surface area (Å²) in [7, 11) is 9.13. The third-order valence-corrected chi connectivity index (χ3v) is 8.04. The van der Waals surface area contributed by atoms with Gasteiger partial charge in [-0.3, -0.25) is 4.79 Å². The fourth-order valence-corrected chi connectivity index (χ4v) is 6.43. The number of ether oxygens (including phenoxy) is 2. The van der Waals surface area contributed by atoms with Crippen molar-refractivity contribution in [2.45, 2.75) is 43.4 Å². The highest BCUT2D eigenvalue weighted by atomic mass is 33.1. The maximum atomic E-state index is 12.7. The number of aryl methyl sites for hydroxylation is 1. The van der Waals surface area contributed by atoms with Gasteiger partial charge >= 0.3 is 0 Å². The lowest BCUT2D eigenvalue weighted by Gasteiger charge is -2.20. The van der Waals surface area contributed by atoms with Crippen LogP contribution in [0.3, 0.4) is 0 Å². The van der Waals surface area contributed by atoms with Gasteiger partial charge in [-0.05, 0) is 37.0 Å². The number of benzene rings is 1. The van der Waals surface area contributed by atoms with E-state index in [1.165, 1.54) is 18.6 Å². The Morgan fingerprint density at radius 3 is 2.62 bits per heavy atom. The Kier molecular flexibility index (Phi) is 8.18. The Morgan fingerprint density at radius 1 is 1.28 bits per heavy atom. The van der Waals surface area contributed by atoms with E-state index < -0.39 is 0 Å². The molecule has 8 heteroatoms. The van der Waals surface area contributed by atoms with Crippen molar-refractivity contribution in [1.82, 2.24) is 14.9 Å². The van der Waals surface area contributed by atoms with Crippen molar-refractivity contribution in [3.8, 4) is 11.5 Å². The number of nitrogens with one attached hydrogen (secondary N) is 1. The minimum absolute atomic E-state index is 0.0354. The van der Waals surface area contributed by atoms with Gasteiger partial charge in [0.25, 0.3) is 0 Å². The molecule has 1 aliphatic heterocycles. The molecule has 1 aliphatic rings. The van der Waals surface area contributed by atoms with Crippen LogP contribution in [0, 0.1) is 0 Å². The second-order valence-electron chi connectivity index (χ2n) is 7.12. The largest absolute Gasteiger partial charge is 0.497 e. The second kappa shape index (κ2) is 10.8. The second-order valence-corrected chi connectivity index (χ2v) is 9.91. The molecule has 1 fully saturated rings. The molecule has 0 bridgehead atoms. The third-order valence-electron chi connectivity index (χ3n) is 5.04. The first-order chi connectivity index (χ1) is 14.1. The molecule has 1 aromatic heterocycles. The molecule has 2 heterocycles. The number of aromatic nitrogens is 2. The number of hydrogen-bond donors (Lipinski definition) is 1. The molecule has 2 atom stereocenters. The minimum atomic E-state index is -0.367. The van der Waals surface area contributed by atoms with Crippen LogP contribution in [-0.2, 0) is 11.8 Å². The SMILES string of the molecule is COc1cc(OC)cc(C(NC(=O)CCCCC2CCSS2)c2nccn2C)c1. The van der Waals surface area contributed by atoms with Crippen LogP contribution in [0.2, 0.25) is 0 Å². The predicted molar refractivity (Wildman–Crippen MR) is 120 cm³/mol. The van der Waals surface area contributed by atoms with Crippen molar-refractivity contribution in [2.75, 3.05) is 20.0 Å². The Labute approximate surface area is 180 Å². The van der Waals surface area contributed by atoms with Gasteiger partial charge in [0.1, 0.15) is 23.4 Å². The molecule has 1 N–H and O–H groups in total. The summed E-state index contributed by atoms with van der Waals surface area (Å²) in [5.41, 5.74) is 0.878. The van der Waals surface area contributed by atoms with E-state index in [4.69, 9.17) is 9.47 Å². The van der Waals surface area contributed by atoms with Gasteiger partial charge < -0.3 is 19.4 Å². The number of carbonyl (C=O) groups excluding carboxylic acids is 1. The van der Waals surface area contributed by atoms with Crippen LogP contribution in [0.5, 0.6) is 11.5 Å². The highest BCUT2D eigenvalue weighted by molar-refractivity contribution is 8.77. The first kappa shape index (κ1) is 21.9. The van der Waals surface area contributed by atoms with Crippen molar-refractivity contribution in [2.24, 2.45) is 7.05 Å². The van der Waals surface area contributed by atoms with Crippen molar-refractivity contribution < 1.29 is 14.3 Å². The lowest BCUT2D eigenvalue weighted by molar-refractivity contribution is -0.121. The lowest BCUT2D eigenvalue weighted by atomic mass is 10.0. The number of hydrogen-bond acceptors (Lipinski definition) is 6. The number of unbranched alkanes of at least 4 members (excludes halogenated alkanes) is 1. The van der Waals surface area contributed by atoms with E-state index in [-0.39, 0.29) is 11.9 Å². The molecule has 29 heavy (non-hydrogen) atoms. The van der Waals surface area contributed by atoms with Crippen LogP contribution in [0.25, 0.3) is 0 Å². The zero-order valence-electron chi connectivity index (χ0n) is 17.2. The molecule has 0 radical (unpaired) electrons. The number of imidazole rings is 1. The molecule has 1 aromatic carbocycles. The zero-order valence-corrected chi connectivity index (χ0v) is 18.9. The first-order valence-corrected chi connectivity index (χ1v) is 12.3. The summed E-state index contributed by atoms with van der Waals surface area (Å²) in [5.74, 6) is 3.42. The van der Waals surface area contributed by atoms with E-state index in [0.29, 0.717) is 17.9 Å². The highest BCUT2D eigenvalue weighted by Gasteiger charge is 2.22. The van der Waals surface area contributed by atoms with Crippen LogP contribution in [0.4, 0.5) is 0 Å². The Balaban J connectivity index is 1.68. The van der Waals surface area contributed by atoms with E-state index in [2.05, 4.69) is 10.3 Å². The Hall–Kier alpha value is -1.80. The van der Waals surface area contributed by atoms with Crippen molar-refractivity contribution in [3.63, 3.8) is 0 Å². The van der Waals surface area contributed by atoms with Crippen LogP contribution < -0.4 is 14.8 Å². The summed E-state index contributed by atoms with van der Waals surface area (Å²) in [6, 6.07) is 5.28. The minimum Gasteiger partial charge on any atom is -0.497 e. The fourth-order valence-electron chi connectivity index (χ4n) is 3.40. The fraction of sp³-hybridized carbons (Fsp3) is 0.524. The van der Waals surface area contributed by atoms with Gasteiger partial charge in [-0.15, -0.1) is 0 Å². The van der Waals surface area contributed by atoms with Crippen LogP contribution in [0.15, 0.2) is 30.6 Å². The molecule has 158 valence electrons. The summed E-state index contributed by atoms with van der Waals surface area (Å²) < 4.78 is 12.7. The van der Waals surface area contributed by atoms with E-state index in [1.54, 1.807) is 20.4 Å². The average molecular weight is 436 g/mol.